The number of aliphatic hydroxyl groups is 1. The Labute approximate surface area is 289 Å². The van der Waals surface area contributed by atoms with Gasteiger partial charge in [0.15, 0.2) is 0 Å². The third-order valence-electron chi connectivity index (χ3n) is 10.5. The van der Waals surface area contributed by atoms with E-state index in [0.29, 0.717) is 26.1 Å². The monoisotopic (exact) mass is 674 g/mol. The van der Waals surface area contributed by atoms with Gasteiger partial charge in [-0.2, -0.15) is 0 Å². The molecule has 0 aliphatic carbocycles. The van der Waals surface area contributed by atoms with Gasteiger partial charge in [0.25, 0.3) is 0 Å². The predicted octanol–water partition coefficient (Wildman–Crippen LogP) is 3.68. The zero-order valence-electron chi connectivity index (χ0n) is 27.2. The summed E-state index contributed by atoms with van der Waals surface area (Å²) in [5.41, 5.74) is 3.48. The SMILES string of the molecule is C[C@]12C=CCN(Cc3ccccc3)C(=O)[C@H]1[C@H]1C(=O)N([C@@H](CO)Cc3ccccc3)C3C(=O)N(Cn4nnc5ccccc54)CC=C[C@@]31S2. The summed E-state index contributed by atoms with van der Waals surface area (Å²) >= 11 is 1.55. The van der Waals surface area contributed by atoms with E-state index in [1.807, 2.05) is 115 Å². The Hall–Kier alpha value is -4.74. The molecular weight excluding hydrogens is 637 g/mol. The summed E-state index contributed by atoms with van der Waals surface area (Å²) in [6.07, 6.45) is 8.45. The first-order valence-corrected chi connectivity index (χ1v) is 17.6. The lowest BCUT2D eigenvalue weighted by atomic mass is 9.74. The van der Waals surface area contributed by atoms with Gasteiger partial charge in [0, 0.05) is 24.4 Å². The molecule has 3 aromatic carbocycles. The molecule has 5 heterocycles. The number of hydrogen-bond donors (Lipinski definition) is 1. The molecule has 0 saturated carbocycles. The van der Waals surface area contributed by atoms with E-state index in [4.69, 9.17) is 0 Å². The van der Waals surface area contributed by atoms with E-state index < -0.39 is 33.4 Å². The lowest BCUT2D eigenvalue weighted by molar-refractivity contribution is -0.148. The summed E-state index contributed by atoms with van der Waals surface area (Å²) in [7, 11) is 0. The van der Waals surface area contributed by atoms with Crippen LogP contribution in [-0.2, 0) is 34.0 Å². The minimum absolute atomic E-state index is 0.0978. The number of carbonyl (C=O) groups is 3. The Balaban J connectivity index is 1.21. The highest BCUT2D eigenvalue weighted by molar-refractivity contribution is 8.02. The van der Waals surface area contributed by atoms with Gasteiger partial charge in [0.2, 0.25) is 17.7 Å². The van der Waals surface area contributed by atoms with E-state index >= 15 is 9.59 Å². The van der Waals surface area contributed by atoms with Crippen molar-refractivity contribution in [3.05, 3.63) is 120 Å². The molecule has 3 amide bonds. The molecule has 8 rings (SSSR count). The fraction of sp³-hybridized carbons (Fsp3) is 0.342. The van der Waals surface area contributed by atoms with Crippen molar-refractivity contribution in [2.45, 2.75) is 48.1 Å². The summed E-state index contributed by atoms with van der Waals surface area (Å²) in [5, 5.41) is 19.5. The minimum atomic E-state index is -1.04. The number of benzene rings is 3. The van der Waals surface area contributed by atoms with Gasteiger partial charge in [0.1, 0.15) is 18.2 Å². The number of aromatic nitrogens is 3. The van der Waals surface area contributed by atoms with Crippen LogP contribution in [0.5, 0.6) is 0 Å². The van der Waals surface area contributed by atoms with Crippen LogP contribution in [0, 0.1) is 11.8 Å². The van der Waals surface area contributed by atoms with Crippen molar-refractivity contribution in [3.8, 4) is 0 Å². The molecule has 0 bridgehead atoms. The Morgan fingerprint density at radius 2 is 1.49 bits per heavy atom. The summed E-state index contributed by atoms with van der Waals surface area (Å²) in [5.74, 6) is -2.12. The Bertz CT molecular complexity index is 1970. The molecule has 4 aliphatic rings. The van der Waals surface area contributed by atoms with Gasteiger partial charge in [-0.25, -0.2) is 4.68 Å². The molecule has 250 valence electrons. The normalized spacial score (nSPS) is 28.4. The van der Waals surface area contributed by atoms with Crippen LogP contribution in [0.25, 0.3) is 11.0 Å². The van der Waals surface area contributed by atoms with Crippen LogP contribution in [0.2, 0.25) is 0 Å². The Morgan fingerprint density at radius 1 is 0.816 bits per heavy atom. The molecule has 1 unspecified atom stereocenters. The first kappa shape index (κ1) is 31.5. The van der Waals surface area contributed by atoms with Gasteiger partial charge in [-0.1, -0.05) is 102 Å². The van der Waals surface area contributed by atoms with E-state index in [1.54, 1.807) is 26.2 Å². The van der Waals surface area contributed by atoms with E-state index in [9.17, 15) is 9.90 Å². The maximum atomic E-state index is 15.1. The van der Waals surface area contributed by atoms with E-state index in [0.717, 1.165) is 22.2 Å². The maximum absolute atomic E-state index is 15.1. The number of hydrogen-bond acceptors (Lipinski definition) is 7. The molecule has 2 fully saturated rings. The molecule has 1 N–H and O–H groups in total. The minimum Gasteiger partial charge on any atom is -0.394 e. The van der Waals surface area contributed by atoms with Crippen LogP contribution in [0.1, 0.15) is 18.1 Å². The third-order valence-corrected chi connectivity index (χ3v) is 12.3. The van der Waals surface area contributed by atoms with Crippen molar-refractivity contribution >= 4 is 40.5 Å². The summed E-state index contributed by atoms with van der Waals surface area (Å²) in [4.78, 5) is 50.0. The standard InChI is InChI=1S/C38H38N6O4S/c1-37-18-10-20-41(23-27-14-6-3-7-15-27)34(46)31(37)32-35(47)44(28(24-45)22-26-12-4-2-5-13-26)33-36(48)42(21-11-19-38(32,33)49-37)25-43-30-17-9-8-16-29(30)39-40-43/h2-19,28,31-33,45H,20-25H2,1H3/t28-,31-,32+,33?,37+,38+/m1/s1. The van der Waals surface area contributed by atoms with Crippen molar-refractivity contribution < 1.29 is 19.5 Å². The highest BCUT2D eigenvalue weighted by atomic mass is 32.2. The second-order valence-corrected chi connectivity index (χ2v) is 15.3. The van der Waals surface area contributed by atoms with Gasteiger partial charge in [-0.15, -0.1) is 16.9 Å². The predicted molar refractivity (Wildman–Crippen MR) is 187 cm³/mol. The molecule has 49 heavy (non-hydrogen) atoms. The summed E-state index contributed by atoms with van der Waals surface area (Å²) < 4.78 is -0.0677. The van der Waals surface area contributed by atoms with Crippen LogP contribution in [-0.4, -0.2) is 93.8 Å². The summed E-state index contributed by atoms with van der Waals surface area (Å²) in [6, 6.07) is 25.5. The average Bonchev–Trinajstić information content (AvgIpc) is 3.65. The smallest absolute Gasteiger partial charge is 0.248 e. The number of likely N-dealkylation sites (tertiary alicyclic amines) is 1. The topological polar surface area (TPSA) is 112 Å². The highest BCUT2D eigenvalue weighted by Crippen LogP contribution is 2.66. The maximum Gasteiger partial charge on any atom is 0.248 e. The van der Waals surface area contributed by atoms with Crippen molar-refractivity contribution in [1.82, 2.24) is 29.7 Å². The lowest BCUT2D eigenvalue weighted by Crippen LogP contribution is -2.57. The molecule has 1 spiro atoms. The van der Waals surface area contributed by atoms with Crippen LogP contribution < -0.4 is 0 Å². The average molecular weight is 675 g/mol. The molecule has 1 aromatic heterocycles. The van der Waals surface area contributed by atoms with Gasteiger partial charge < -0.3 is 19.8 Å². The number of para-hydroxylation sites is 1. The van der Waals surface area contributed by atoms with E-state index in [1.165, 1.54) is 0 Å². The van der Waals surface area contributed by atoms with Crippen LogP contribution in [0.15, 0.2) is 109 Å². The Kier molecular flexibility index (Phi) is 7.91. The molecule has 4 aliphatic heterocycles. The number of aliphatic hydroxyl groups excluding tert-OH is 1. The number of thioether (sulfide) groups is 1. The first-order valence-electron chi connectivity index (χ1n) is 16.8. The number of nitrogens with zero attached hydrogens (tertiary/aromatic N) is 6. The quantitative estimate of drug-likeness (QED) is 0.284. The second kappa shape index (κ2) is 12.3. The Morgan fingerprint density at radius 3 is 2.24 bits per heavy atom. The van der Waals surface area contributed by atoms with E-state index in [2.05, 4.69) is 16.4 Å². The van der Waals surface area contributed by atoms with Crippen LogP contribution in [0.4, 0.5) is 0 Å². The van der Waals surface area contributed by atoms with Crippen LogP contribution in [0.3, 0.4) is 0 Å². The largest absolute Gasteiger partial charge is 0.394 e. The van der Waals surface area contributed by atoms with Crippen LogP contribution >= 0.6 is 11.8 Å². The van der Waals surface area contributed by atoms with Crippen molar-refractivity contribution in [3.63, 3.8) is 0 Å². The fourth-order valence-corrected chi connectivity index (χ4v) is 10.5. The van der Waals surface area contributed by atoms with E-state index in [-0.39, 0.29) is 31.0 Å². The zero-order valence-corrected chi connectivity index (χ0v) is 28.0. The molecule has 4 aromatic rings. The second-order valence-electron chi connectivity index (χ2n) is 13.6. The van der Waals surface area contributed by atoms with Gasteiger partial charge in [-0.05, 0) is 36.6 Å². The van der Waals surface area contributed by atoms with Crippen molar-refractivity contribution in [1.29, 1.82) is 0 Å². The first-order chi connectivity index (χ1) is 23.8. The van der Waals surface area contributed by atoms with Gasteiger partial charge >= 0.3 is 0 Å². The molecule has 0 radical (unpaired) electrons. The van der Waals surface area contributed by atoms with Crippen molar-refractivity contribution in [2.24, 2.45) is 11.8 Å². The number of fused-ring (bicyclic) bond motifs is 3. The number of rotatable bonds is 8. The number of amides is 3. The number of carbonyl (C=O) groups excluding carboxylic acids is 3. The fourth-order valence-electron chi connectivity index (χ4n) is 8.34. The third kappa shape index (κ3) is 5.18. The molecule has 6 atom stereocenters. The molecular formula is C38H38N6O4S. The lowest BCUT2D eigenvalue weighted by Gasteiger charge is -2.39. The van der Waals surface area contributed by atoms with Gasteiger partial charge in [-0.3, -0.25) is 14.4 Å². The van der Waals surface area contributed by atoms with Gasteiger partial charge in [0.05, 0.1) is 34.7 Å². The zero-order chi connectivity index (χ0) is 33.8. The molecule has 10 nitrogen and oxygen atoms in total. The summed E-state index contributed by atoms with van der Waals surface area (Å²) in [6.45, 7) is 2.99. The highest BCUT2D eigenvalue weighted by Gasteiger charge is 2.74. The molecule has 2 saturated heterocycles. The van der Waals surface area contributed by atoms with Crippen molar-refractivity contribution in [2.75, 3.05) is 19.7 Å². The molecule has 11 heteroatoms.